The van der Waals surface area contributed by atoms with Crippen LogP contribution in [0.25, 0.3) is 0 Å². The number of hydrogen-bond acceptors (Lipinski definition) is 5. The van der Waals surface area contributed by atoms with Gasteiger partial charge in [-0.3, -0.25) is 4.79 Å². The average molecular weight is 384 g/mol. The van der Waals surface area contributed by atoms with Crippen molar-refractivity contribution >= 4 is 27.6 Å². The van der Waals surface area contributed by atoms with Gasteiger partial charge in [0, 0.05) is 6.07 Å². The number of carbonyl (C=O) groups is 2. The Morgan fingerprint density at radius 2 is 1.85 bits per heavy atom. The van der Waals surface area contributed by atoms with Gasteiger partial charge in [0.05, 0.1) is 16.1 Å². The molecule has 0 aliphatic rings. The number of anilines is 1. The van der Waals surface area contributed by atoms with E-state index in [9.17, 15) is 26.8 Å². The first-order valence-corrected chi connectivity index (χ1v) is 8.68. The van der Waals surface area contributed by atoms with Gasteiger partial charge in [-0.1, -0.05) is 6.07 Å². The summed E-state index contributed by atoms with van der Waals surface area (Å²) >= 11 is 0. The van der Waals surface area contributed by atoms with Gasteiger partial charge in [0.25, 0.3) is 5.91 Å². The van der Waals surface area contributed by atoms with Crippen LogP contribution in [0.3, 0.4) is 0 Å². The lowest BCUT2D eigenvalue weighted by atomic mass is 10.1. The van der Waals surface area contributed by atoms with Crippen molar-refractivity contribution < 1.29 is 31.5 Å². The van der Waals surface area contributed by atoms with Crippen molar-refractivity contribution in [3.63, 3.8) is 0 Å². The van der Waals surface area contributed by atoms with Gasteiger partial charge in [-0.2, -0.15) is 0 Å². The molecule has 1 amide bonds. The van der Waals surface area contributed by atoms with Crippen LogP contribution < -0.4 is 10.5 Å². The zero-order valence-electron chi connectivity index (χ0n) is 13.5. The Kier molecular flexibility index (Phi) is 5.68. The summed E-state index contributed by atoms with van der Waals surface area (Å²) in [6, 6.07) is 6.09. The molecule has 0 saturated carbocycles. The highest BCUT2D eigenvalue weighted by molar-refractivity contribution is 7.89. The second-order valence-corrected chi connectivity index (χ2v) is 6.83. The van der Waals surface area contributed by atoms with Crippen LogP contribution in [0.15, 0.2) is 41.3 Å². The third-order valence-electron chi connectivity index (χ3n) is 3.29. The second kappa shape index (κ2) is 7.58. The number of nitrogens with two attached hydrogens (primary N) is 1. The number of primary sulfonamides is 1. The van der Waals surface area contributed by atoms with E-state index in [4.69, 9.17) is 9.88 Å². The molecular formula is C16H14F2N2O5S. The van der Waals surface area contributed by atoms with E-state index in [1.807, 2.05) is 0 Å². The largest absolute Gasteiger partial charge is 0.452 e. The Hall–Kier alpha value is -2.85. The second-order valence-electron chi connectivity index (χ2n) is 5.27. The number of ether oxygens (including phenoxy) is 1. The first kappa shape index (κ1) is 19.5. The van der Waals surface area contributed by atoms with Crippen LogP contribution in [-0.2, 0) is 19.6 Å². The van der Waals surface area contributed by atoms with E-state index < -0.39 is 45.8 Å². The van der Waals surface area contributed by atoms with E-state index in [0.29, 0.717) is 5.56 Å². The third kappa shape index (κ3) is 4.83. The molecule has 0 radical (unpaired) electrons. The van der Waals surface area contributed by atoms with Gasteiger partial charge >= 0.3 is 5.97 Å². The molecule has 0 aromatic heterocycles. The zero-order valence-corrected chi connectivity index (χ0v) is 14.3. The van der Waals surface area contributed by atoms with E-state index >= 15 is 0 Å². The van der Waals surface area contributed by atoms with Crippen molar-refractivity contribution in [2.45, 2.75) is 11.8 Å². The maximum Gasteiger partial charge on any atom is 0.338 e. The molecule has 0 bridgehead atoms. The van der Waals surface area contributed by atoms with E-state index in [1.165, 1.54) is 19.1 Å². The summed E-state index contributed by atoms with van der Waals surface area (Å²) in [6.07, 6.45) is 0. The van der Waals surface area contributed by atoms with Gasteiger partial charge in [0.15, 0.2) is 6.61 Å². The minimum atomic E-state index is -4.02. The number of halogens is 2. The number of benzene rings is 2. The fraction of sp³-hybridized carbons (Fsp3) is 0.125. The predicted octanol–water partition coefficient (Wildman–Crippen LogP) is 1.72. The van der Waals surface area contributed by atoms with Crippen molar-refractivity contribution in [1.82, 2.24) is 0 Å². The minimum Gasteiger partial charge on any atom is -0.452 e. The highest BCUT2D eigenvalue weighted by Crippen LogP contribution is 2.17. The van der Waals surface area contributed by atoms with Gasteiger partial charge in [0.1, 0.15) is 11.6 Å². The SMILES string of the molecule is Cc1ccc(S(N)(=O)=O)cc1C(=O)OCC(=O)Nc1cc(F)ccc1F. The van der Waals surface area contributed by atoms with Crippen molar-refractivity contribution in [3.05, 3.63) is 59.2 Å². The standard InChI is InChI=1S/C16H14F2N2O5S/c1-9-2-4-11(26(19,23)24)7-12(9)16(22)25-8-15(21)20-14-6-10(17)3-5-13(14)18/h2-7H,8H2,1H3,(H,20,21)(H2,19,23,24). The average Bonchev–Trinajstić information content (AvgIpc) is 2.55. The fourth-order valence-electron chi connectivity index (χ4n) is 1.99. The van der Waals surface area contributed by atoms with Crippen molar-refractivity contribution in [2.24, 2.45) is 5.14 Å². The van der Waals surface area contributed by atoms with Gasteiger partial charge in [0.2, 0.25) is 10.0 Å². The molecular weight excluding hydrogens is 370 g/mol. The highest BCUT2D eigenvalue weighted by Gasteiger charge is 2.17. The molecule has 2 rings (SSSR count). The lowest BCUT2D eigenvalue weighted by molar-refractivity contribution is -0.119. The highest BCUT2D eigenvalue weighted by atomic mass is 32.2. The van der Waals surface area contributed by atoms with Crippen LogP contribution in [0.5, 0.6) is 0 Å². The van der Waals surface area contributed by atoms with E-state index in [1.54, 1.807) is 0 Å². The van der Waals surface area contributed by atoms with E-state index in [-0.39, 0.29) is 10.5 Å². The summed E-state index contributed by atoms with van der Waals surface area (Å²) in [7, 11) is -4.02. The number of aryl methyl sites for hydroxylation is 1. The Bertz CT molecular complexity index is 977. The molecule has 7 nitrogen and oxygen atoms in total. The van der Waals surface area contributed by atoms with E-state index in [0.717, 1.165) is 24.3 Å². The zero-order chi connectivity index (χ0) is 19.5. The number of hydrogen-bond donors (Lipinski definition) is 2. The molecule has 0 unspecified atom stereocenters. The molecule has 2 aromatic rings. The first-order valence-electron chi connectivity index (χ1n) is 7.13. The molecule has 0 saturated heterocycles. The molecule has 0 spiro atoms. The van der Waals surface area contributed by atoms with Gasteiger partial charge in [-0.25, -0.2) is 27.1 Å². The summed E-state index contributed by atoms with van der Waals surface area (Å²) < 4.78 is 54.0. The summed E-state index contributed by atoms with van der Waals surface area (Å²) in [5.74, 6) is -3.48. The molecule has 0 aliphatic heterocycles. The summed E-state index contributed by atoms with van der Waals surface area (Å²) in [6.45, 7) is 0.750. The summed E-state index contributed by atoms with van der Waals surface area (Å²) in [5.41, 5.74) is -0.0984. The molecule has 2 aromatic carbocycles. The van der Waals surface area contributed by atoms with E-state index in [2.05, 4.69) is 5.32 Å². The van der Waals surface area contributed by atoms with Crippen LogP contribution in [0.1, 0.15) is 15.9 Å². The van der Waals surface area contributed by atoms with Gasteiger partial charge in [-0.15, -0.1) is 0 Å². The normalized spacial score (nSPS) is 11.1. The number of carbonyl (C=O) groups excluding carboxylic acids is 2. The quantitative estimate of drug-likeness (QED) is 0.762. The Labute approximate surface area is 147 Å². The Morgan fingerprint density at radius 1 is 1.15 bits per heavy atom. The third-order valence-corrected chi connectivity index (χ3v) is 4.21. The fourth-order valence-corrected chi connectivity index (χ4v) is 2.53. The number of nitrogens with one attached hydrogen (secondary N) is 1. The van der Waals surface area contributed by atoms with Gasteiger partial charge < -0.3 is 10.1 Å². The van der Waals surface area contributed by atoms with Crippen LogP contribution in [0, 0.1) is 18.6 Å². The minimum absolute atomic E-state index is 0.0961. The maximum atomic E-state index is 13.4. The Balaban J connectivity index is 2.06. The van der Waals surface area contributed by atoms with Crippen LogP contribution >= 0.6 is 0 Å². The summed E-state index contributed by atoms with van der Waals surface area (Å²) in [5, 5.41) is 7.06. The molecule has 0 aliphatic carbocycles. The molecule has 0 atom stereocenters. The number of esters is 1. The van der Waals surface area contributed by atoms with Crippen LogP contribution in [0.4, 0.5) is 14.5 Å². The predicted molar refractivity (Wildman–Crippen MR) is 87.8 cm³/mol. The van der Waals surface area contributed by atoms with Crippen molar-refractivity contribution in [2.75, 3.05) is 11.9 Å². The molecule has 0 fully saturated rings. The smallest absolute Gasteiger partial charge is 0.338 e. The van der Waals surface area contributed by atoms with Crippen LogP contribution in [-0.4, -0.2) is 26.9 Å². The molecule has 26 heavy (non-hydrogen) atoms. The van der Waals surface area contributed by atoms with Crippen molar-refractivity contribution in [1.29, 1.82) is 0 Å². The lowest BCUT2D eigenvalue weighted by Gasteiger charge is -2.09. The van der Waals surface area contributed by atoms with Crippen LogP contribution in [0.2, 0.25) is 0 Å². The van der Waals surface area contributed by atoms with Gasteiger partial charge in [-0.05, 0) is 36.8 Å². The molecule has 10 heteroatoms. The summed E-state index contributed by atoms with van der Waals surface area (Å²) in [4.78, 5) is 23.5. The first-order chi connectivity index (χ1) is 12.1. The maximum absolute atomic E-state index is 13.4. The number of sulfonamides is 1. The van der Waals surface area contributed by atoms with Crippen molar-refractivity contribution in [3.8, 4) is 0 Å². The molecule has 3 N–H and O–H groups in total. The lowest BCUT2D eigenvalue weighted by Crippen LogP contribution is -2.22. The molecule has 0 heterocycles. The topological polar surface area (TPSA) is 116 Å². The number of amides is 1. The number of rotatable bonds is 5. The monoisotopic (exact) mass is 384 g/mol. The molecule has 138 valence electrons. The Morgan fingerprint density at radius 3 is 2.50 bits per heavy atom.